The number of thioether (sulfide) groups is 2. The molecule has 1 fully saturated rings. The molecular weight excluding hydrogens is 412 g/mol. The summed E-state index contributed by atoms with van der Waals surface area (Å²) in [7, 11) is 2.00. The van der Waals surface area contributed by atoms with E-state index in [4.69, 9.17) is 4.99 Å². The van der Waals surface area contributed by atoms with Crippen molar-refractivity contribution in [3.8, 4) is 0 Å². The molecule has 5 nitrogen and oxygen atoms in total. The van der Waals surface area contributed by atoms with Crippen molar-refractivity contribution in [1.82, 2.24) is 9.88 Å². The lowest BCUT2D eigenvalue weighted by molar-refractivity contribution is -0.121. The predicted molar refractivity (Wildman–Crippen MR) is 126 cm³/mol. The molecule has 1 amide bonds. The number of amides is 1. The molecule has 2 aliphatic rings. The van der Waals surface area contributed by atoms with Gasteiger partial charge in [0.25, 0.3) is 5.91 Å². The first kappa shape index (κ1) is 19.0. The zero-order valence-corrected chi connectivity index (χ0v) is 17.9. The number of nitrogens with zero attached hydrogens (tertiary/aromatic N) is 4. The normalized spacial score (nSPS) is 19.8. The van der Waals surface area contributed by atoms with E-state index in [-0.39, 0.29) is 5.91 Å². The second kappa shape index (κ2) is 7.66. The van der Waals surface area contributed by atoms with Gasteiger partial charge in [-0.25, -0.2) is 4.99 Å². The summed E-state index contributed by atoms with van der Waals surface area (Å²) >= 11 is 3.04. The number of para-hydroxylation sites is 2. The number of benzene rings is 2. The molecule has 2 aromatic carbocycles. The zero-order valence-electron chi connectivity index (χ0n) is 16.3. The minimum Gasteiger partial charge on any atom is -0.337 e. The molecule has 0 saturated carbocycles. The average molecular weight is 431 g/mol. The van der Waals surface area contributed by atoms with Gasteiger partial charge in [-0.3, -0.25) is 14.7 Å². The van der Waals surface area contributed by atoms with Crippen LogP contribution in [0.2, 0.25) is 0 Å². The Morgan fingerprint density at radius 3 is 2.73 bits per heavy atom. The quantitative estimate of drug-likeness (QED) is 0.412. The second-order valence-corrected chi connectivity index (χ2v) is 8.82. The van der Waals surface area contributed by atoms with Gasteiger partial charge in [0.2, 0.25) is 0 Å². The fourth-order valence-electron chi connectivity index (χ4n) is 3.49. The van der Waals surface area contributed by atoms with Crippen molar-refractivity contribution < 1.29 is 4.79 Å². The largest absolute Gasteiger partial charge is 0.337 e. The van der Waals surface area contributed by atoms with Crippen LogP contribution in [0, 0.1) is 0 Å². The van der Waals surface area contributed by atoms with E-state index in [1.807, 2.05) is 49.5 Å². The lowest BCUT2D eigenvalue weighted by Crippen LogP contribution is -2.29. The number of pyridine rings is 1. The Morgan fingerprint density at radius 2 is 1.90 bits per heavy atom. The van der Waals surface area contributed by atoms with Crippen LogP contribution in [0.5, 0.6) is 0 Å². The molecule has 0 spiro atoms. The van der Waals surface area contributed by atoms with Gasteiger partial charge in [0, 0.05) is 30.1 Å². The van der Waals surface area contributed by atoms with Crippen LogP contribution < -0.4 is 4.90 Å². The van der Waals surface area contributed by atoms with Crippen LogP contribution in [0.4, 0.5) is 11.4 Å². The Kier molecular flexibility index (Phi) is 4.84. The molecule has 5 rings (SSSR count). The molecule has 148 valence electrons. The highest BCUT2D eigenvalue weighted by Crippen LogP contribution is 2.50. The highest BCUT2D eigenvalue weighted by Gasteiger charge is 2.38. The third kappa shape index (κ3) is 3.11. The lowest BCUT2D eigenvalue weighted by atomic mass is 10.2. The van der Waals surface area contributed by atoms with Crippen molar-refractivity contribution in [2.45, 2.75) is 4.90 Å². The van der Waals surface area contributed by atoms with E-state index in [0.717, 1.165) is 32.2 Å². The zero-order chi connectivity index (χ0) is 20.7. The minimum atomic E-state index is -0.0424. The first-order valence-electron chi connectivity index (χ1n) is 9.45. The number of aromatic nitrogens is 1. The van der Waals surface area contributed by atoms with E-state index in [1.165, 1.54) is 11.8 Å². The molecule has 3 aromatic rings. The number of rotatable bonds is 3. The molecule has 3 heterocycles. The van der Waals surface area contributed by atoms with Gasteiger partial charge in [-0.05, 0) is 36.0 Å². The smallest absolute Gasteiger partial charge is 0.269 e. The molecule has 0 atom stereocenters. The average Bonchev–Trinajstić information content (AvgIpc) is 3.26. The van der Waals surface area contributed by atoms with Gasteiger partial charge in [0.1, 0.15) is 4.91 Å². The number of carbonyl (C=O) groups excluding carboxylic acids is 1. The summed E-state index contributed by atoms with van der Waals surface area (Å²) in [6, 6.07) is 17.9. The molecule has 2 aliphatic heterocycles. The van der Waals surface area contributed by atoms with Crippen LogP contribution in [0.3, 0.4) is 0 Å². The van der Waals surface area contributed by atoms with Gasteiger partial charge in [-0.15, -0.1) is 6.58 Å². The molecule has 0 N–H and O–H groups in total. The van der Waals surface area contributed by atoms with Crippen LogP contribution in [0.25, 0.3) is 10.9 Å². The summed E-state index contributed by atoms with van der Waals surface area (Å²) in [5, 5.41) is 2.55. The highest BCUT2D eigenvalue weighted by molar-refractivity contribution is 8.19. The number of hydrogen-bond acceptors (Lipinski definition) is 6. The van der Waals surface area contributed by atoms with Crippen LogP contribution in [0.1, 0.15) is 0 Å². The summed E-state index contributed by atoms with van der Waals surface area (Å²) in [5.41, 5.74) is 2.79. The molecule has 0 radical (unpaired) electrons. The highest BCUT2D eigenvalue weighted by atomic mass is 32.2. The fraction of sp³-hybridized carbons (Fsp3) is 0.0870. The first-order valence-corrected chi connectivity index (χ1v) is 11.1. The van der Waals surface area contributed by atoms with E-state index in [0.29, 0.717) is 16.6 Å². The molecule has 1 saturated heterocycles. The van der Waals surface area contributed by atoms with Gasteiger partial charge in [-0.1, -0.05) is 48.2 Å². The SMILES string of the molecule is C=CCN1C(=O)/C(=C2/Sc3ccccc3N2C)SC1=Nc1ccnc2ccccc12. The van der Waals surface area contributed by atoms with Crippen LogP contribution >= 0.6 is 23.5 Å². The molecule has 7 heteroatoms. The van der Waals surface area contributed by atoms with Crippen LogP contribution in [0.15, 0.2) is 93.3 Å². The number of fused-ring (bicyclic) bond motifs is 2. The van der Waals surface area contributed by atoms with Gasteiger partial charge in [-0.2, -0.15) is 0 Å². The van der Waals surface area contributed by atoms with E-state index in [1.54, 1.807) is 28.9 Å². The molecule has 0 aliphatic carbocycles. The Hall–Kier alpha value is -3.03. The Labute approximate surface area is 183 Å². The molecule has 0 bridgehead atoms. The maximum atomic E-state index is 13.3. The summed E-state index contributed by atoms with van der Waals surface area (Å²) in [6.45, 7) is 4.23. The monoisotopic (exact) mass is 430 g/mol. The van der Waals surface area contributed by atoms with Crippen molar-refractivity contribution in [2.24, 2.45) is 4.99 Å². The number of anilines is 1. The fourth-order valence-corrected chi connectivity index (χ4v) is 5.84. The maximum Gasteiger partial charge on any atom is 0.269 e. The first-order chi connectivity index (χ1) is 14.7. The lowest BCUT2D eigenvalue weighted by Gasteiger charge is -2.15. The topological polar surface area (TPSA) is 48.8 Å². The molecule has 1 aromatic heterocycles. The summed E-state index contributed by atoms with van der Waals surface area (Å²) in [5.74, 6) is -0.0424. The Morgan fingerprint density at radius 1 is 1.10 bits per heavy atom. The Bertz CT molecular complexity index is 1250. The van der Waals surface area contributed by atoms with E-state index >= 15 is 0 Å². The van der Waals surface area contributed by atoms with Gasteiger partial charge < -0.3 is 4.90 Å². The Balaban J connectivity index is 1.59. The van der Waals surface area contributed by atoms with Crippen LogP contribution in [-0.4, -0.2) is 34.6 Å². The molecular formula is C23H18N4OS2. The third-order valence-electron chi connectivity index (χ3n) is 4.95. The van der Waals surface area contributed by atoms with Crippen molar-refractivity contribution in [3.63, 3.8) is 0 Å². The van der Waals surface area contributed by atoms with Gasteiger partial charge in [0.15, 0.2) is 5.17 Å². The van der Waals surface area contributed by atoms with Crippen molar-refractivity contribution in [2.75, 3.05) is 18.5 Å². The second-order valence-electron chi connectivity index (χ2n) is 6.81. The molecule has 30 heavy (non-hydrogen) atoms. The van der Waals surface area contributed by atoms with Gasteiger partial charge >= 0.3 is 0 Å². The number of amidine groups is 1. The van der Waals surface area contributed by atoms with Crippen LogP contribution in [-0.2, 0) is 4.79 Å². The maximum absolute atomic E-state index is 13.3. The standard InChI is InChI=1S/C23H18N4OS2/c1-3-14-27-21(28)20(22-26(2)18-10-6-7-11-19(18)29-22)30-23(27)25-17-12-13-24-16-9-5-4-8-15(16)17/h3-13H,1,14H2,2H3/b22-20-,25-23?. The number of aliphatic imine (C=N–C) groups is 1. The van der Waals surface area contributed by atoms with Crippen molar-refractivity contribution in [3.05, 3.63) is 83.4 Å². The molecule has 0 unspecified atom stereocenters. The van der Waals surface area contributed by atoms with E-state index in [2.05, 4.69) is 28.6 Å². The number of carbonyl (C=O) groups is 1. The predicted octanol–water partition coefficient (Wildman–Crippen LogP) is 5.39. The van der Waals surface area contributed by atoms with Gasteiger partial charge in [0.05, 0.1) is 21.9 Å². The summed E-state index contributed by atoms with van der Waals surface area (Å²) in [4.78, 5) is 28.2. The minimum absolute atomic E-state index is 0.0424. The summed E-state index contributed by atoms with van der Waals surface area (Å²) in [6.07, 6.45) is 3.48. The summed E-state index contributed by atoms with van der Waals surface area (Å²) < 4.78 is 0. The van der Waals surface area contributed by atoms with E-state index in [9.17, 15) is 4.79 Å². The van der Waals surface area contributed by atoms with Crippen molar-refractivity contribution in [1.29, 1.82) is 0 Å². The van der Waals surface area contributed by atoms with E-state index < -0.39 is 0 Å². The third-order valence-corrected chi connectivity index (χ3v) is 7.38. The van der Waals surface area contributed by atoms with Crippen molar-refractivity contribution >= 4 is 56.9 Å². The number of hydrogen-bond donors (Lipinski definition) is 0.